The number of aromatic nitrogens is 2. The first-order valence-electron chi connectivity index (χ1n) is 14.7. The number of hydrogen-bond acceptors (Lipinski definition) is 0. The van der Waals surface area contributed by atoms with Crippen LogP contribution in [-0.2, 0) is 19.3 Å². The van der Waals surface area contributed by atoms with Crippen LogP contribution in [0.15, 0.2) is 97.2 Å². The van der Waals surface area contributed by atoms with E-state index in [0.29, 0.717) is 0 Å². The monoisotopic (exact) mass is 636 g/mol. The van der Waals surface area contributed by atoms with Crippen molar-refractivity contribution in [3.05, 3.63) is 117 Å². The van der Waals surface area contributed by atoms with Crippen LogP contribution in [0.1, 0.15) is 56.7 Å². The SMILES string of the molecule is CCCc1ccc(-n2c(-c3cc(CCC)c(-n4ccc5cc(I)ccc54)cc3CCC)cc3ccccc32)cc1. The lowest BCUT2D eigenvalue weighted by atomic mass is 9.94. The summed E-state index contributed by atoms with van der Waals surface area (Å²) in [6.45, 7) is 6.82. The molecular formula is C37H37IN2. The van der Waals surface area contributed by atoms with E-state index in [1.807, 2.05) is 0 Å². The van der Waals surface area contributed by atoms with Gasteiger partial charge in [-0.3, -0.25) is 0 Å². The van der Waals surface area contributed by atoms with E-state index < -0.39 is 0 Å². The van der Waals surface area contributed by atoms with Gasteiger partial charge in [-0.2, -0.15) is 0 Å². The summed E-state index contributed by atoms with van der Waals surface area (Å²) in [5, 5.41) is 2.58. The van der Waals surface area contributed by atoms with Gasteiger partial charge in [-0.25, -0.2) is 0 Å². The molecule has 3 heteroatoms. The summed E-state index contributed by atoms with van der Waals surface area (Å²) in [5.41, 5.74) is 11.9. The van der Waals surface area contributed by atoms with Gasteiger partial charge in [0, 0.05) is 37.5 Å². The minimum atomic E-state index is 1.04. The molecule has 0 aliphatic rings. The van der Waals surface area contributed by atoms with Gasteiger partial charge in [0.15, 0.2) is 0 Å². The molecule has 6 aromatic rings. The first-order valence-corrected chi connectivity index (χ1v) is 15.8. The molecule has 202 valence electrons. The molecule has 0 radical (unpaired) electrons. The van der Waals surface area contributed by atoms with Gasteiger partial charge >= 0.3 is 0 Å². The lowest BCUT2D eigenvalue weighted by Gasteiger charge is -2.20. The molecular weight excluding hydrogens is 599 g/mol. The molecule has 0 aliphatic carbocycles. The van der Waals surface area contributed by atoms with Gasteiger partial charge in [0.05, 0.1) is 16.7 Å². The van der Waals surface area contributed by atoms with E-state index in [-0.39, 0.29) is 0 Å². The molecule has 0 N–H and O–H groups in total. The van der Waals surface area contributed by atoms with Crippen LogP contribution in [0.3, 0.4) is 0 Å². The number of halogens is 1. The van der Waals surface area contributed by atoms with Crippen LogP contribution >= 0.6 is 22.6 Å². The summed E-state index contributed by atoms with van der Waals surface area (Å²) in [7, 11) is 0. The molecule has 0 amide bonds. The third-order valence-corrected chi connectivity index (χ3v) is 8.65. The Morgan fingerprint density at radius 3 is 2.12 bits per heavy atom. The smallest absolute Gasteiger partial charge is 0.0543 e. The summed E-state index contributed by atoms with van der Waals surface area (Å²) < 4.78 is 6.15. The quantitative estimate of drug-likeness (QED) is 0.140. The molecule has 2 aromatic heterocycles. The number of aryl methyl sites for hydroxylation is 3. The van der Waals surface area contributed by atoms with E-state index in [4.69, 9.17) is 0 Å². The first kappa shape index (κ1) is 26.9. The maximum absolute atomic E-state index is 2.50. The van der Waals surface area contributed by atoms with Crippen LogP contribution in [0.4, 0.5) is 0 Å². The summed E-state index contributed by atoms with van der Waals surface area (Å²) >= 11 is 2.41. The highest BCUT2D eigenvalue weighted by Gasteiger charge is 2.19. The van der Waals surface area contributed by atoms with Crippen molar-refractivity contribution in [3.63, 3.8) is 0 Å². The van der Waals surface area contributed by atoms with E-state index in [1.54, 1.807) is 0 Å². The van der Waals surface area contributed by atoms with E-state index in [1.165, 1.54) is 71.1 Å². The molecule has 0 saturated carbocycles. The molecule has 40 heavy (non-hydrogen) atoms. The predicted octanol–water partition coefficient (Wildman–Crippen LogP) is 10.7. The molecule has 0 saturated heterocycles. The molecule has 0 fully saturated rings. The molecule has 0 spiro atoms. The zero-order valence-electron chi connectivity index (χ0n) is 23.8. The Bertz CT molecular complexity index is 1790. The van der Waals surface area contributed by atoms with Crippen molar-refractivity contribution < 1.29 is 0 Å². The Hall–Kier alpha value is -3.31. The van der Waals surface area contributed by atoms with Crippen molar-refractivity contribution in [2.24, 2.45) is 0 Å². The Labute approximate surface area is 251 Å². The fourth-order valence-corrected chi connectivity index (χ4v) is 6.66. The topological polar surface area (TPSA) is 9.86 Å². The van der Waals surface area contributed by atoms with Crippen molar-refractivity contribution in [2.75, 3.05) is 0 Å². The maximum Gasteiger partial charge on any atom is 0.0543 e. The van der Waals surface area contributed by atoms with Gasteiger partial charge in [-0.05, 0) is 119 Å². The summed E-state index contributed by atoms with van der Waals surface area (Å²) in [4.78, 5) is 0. The van der Waals surface area contributed by atoms with Crippen molar-refractivity contribution in [1.29, 1.82) is 0 Å². The molecule has 4 aromatic carbocycles. The molecule has 0 unspecified atom stereocenters. The van der Waals surface area contributed by atoms with Crippen LogP contribution in [0.2, 0.25) is 0 Å². The van der Waals surface area contributed by atoms with Crippen LogP contribution in [0.25, 0.3) is 44.4 Å². The van der Waals surface area contributed by atoms with Crippen LogP contribution < -0.4 is 0 Å². The maximum atomic E-state index is 2.50. The van der Waals surface area contributed by atoms with Crippen LogP contribution in [0.5, 0.6) is 0 Å². The second kappa shape index (κ2) is 11.7. The fraction of sp³-hybridized carbons (Fsp3) is 0.243. The number of rotatable bonds is 9. The summed E-state index contributed by atoms with van der Waals surface area (Å²) in [6.07, 6.45) is 8.84. The average molecular weight is 637 g/mol. The van der Waals surface area contributed by atoms with Gasteiger partial charge in [-0.1, -0.05) is 70.4 Å². The van der Waals surface area contributed by atoms with Gasteiger partial charge in [0.2, 0.25) is 0 Å². The molecule has 2 nitrogen and oxygen atoms in total. The Kier molecular flexibility index (Phi) is 7.84. The van der Waals surface area contributed by atoms with Gasteiger partial charge in [0.1, 0.15) is 0 Å². The highest BCUT2D eigenvalue weighted by Crippen LogP contribution is 2.37. The Morgan fingerprint density at radius 2 is 1.35 bits per heavy atom. The number of benzene rings is 4. The lowest BCUT2D eigenvalue weighted by Crippen LogP contribution is -2.05. The zero-order chi connectivity index (χ0) is 27.6. The normalized spacial score (nSPS) is 11.6. The van der Waals surface area contributed by atoms with Crippen LogP contribution in [-0.4, -0.2) is 9.13 Å². The Morgan fingerprint density at radius 1 is 0.625 bits per heavy atom. The molecule has 2 heterocycles. The third kappa shape index (κ3) is 5.01. The largest absolute Gasteiger partial charge is 0.316 e. The van der Waals surface area contributed by atoms with E-state index >= 15 is 0 Å². The highest BCUT2D eigenvalue weighted by molar-refractivity contribution is 14.1. The van der Waals surface area contributed by atoms with E-state index in [0.717, 1.165) is 32.1 Å². The van der Waals surface area contributed by atoms with Crippen molar-refractivity contribution in [2.45, 2.75) is 59.3 Å². The predicted molar refractivity (Wildman–Crippen MR) is 180 cm³/mol. The number of hydrogen-bond donors (Lipinski definition) is 0. The second-order valence-corrected chi connectivity index (χ2v) is 12.1. The number of nitrogens with zero attached hydrogens (tertiary/aromatic N) is 2. The van der Waals surface area contributed by atoms with Gasteiger partial charge in [-0.15, -0.1) is 0 Å². The Balaban J connectivity index is 1.59. The first-order chi connectivity index (χ1) is 19.6. The van der Waals surface area contributed by atoms with Crippen LogP contribution in [0, 0.1) is 3.57 Å². The van der Waals surface area contributed by atoms with Gasteiger partial charge in [0.25, 0.3) is 0 Å². The minimum absolute atomic E-state index is 1.04. The molecule has 0 bridgehead atoms. The van der Waals surface area contributed by atoms with Gasteiger partial charge < -0.3 is 9.13 Å². The third-order valence-electron chi connectivity index (χ3n) is 7.97. The van der Waals surface area contributed by atoms with Crippen molar-refractivity contribution in [3.8, 4) is 22.6 Å². The minimum Gasteiger partial charge on any atom is -0.316 e. The highest BCUT2D eigenvalue weighted by atomic mass is 127. The van der Waals surface area contributed by atoms with Crippen molar-refractivity contribution in [1.82, 2.24) is 9.13 Å². The number of fused-ring (bicyclic) bond motifs is 2. The van der Waals surface area contributed by atoms with E-state index in [2.05, 4.69) is 150 Å². The fourth-order valence-electron chi connectivity index (χ4n) is 6.14. The lowest BCUT2D eigenvalue weighted by molar-refractivity contribution is 0.888. The van der Waals surface area contributed by atoms with E-state index in [9.17, 15) is 0 Å². The zero-order valence-corrected chi connectivity index (χ0v) is 25.9. The molecule has 6 rings (SSSR count). The second-order valence-electron chi connectivity index (χ2n) is 10.9. The standard InChI is InChI=1S/C37H37IN2/c1-4-9-26-14-17-32(18-15-26)40-35-13-8-7-12-29(35)25-37(40)33-23-28(11-6-3)36(24-27(33)10-5-2)39-21-20-30-22-31(38)16-19-34(30)39/h7-8,12-25H,4-6,9-11H2,1-3H3. The van der Waals surface area contributed by atoms with Crippen molar-refractivity contribution >= 4 is 44.4 Å². The molecule has 0 aliphatic heterocycles. The summed E-state index contributed by atoms with van der Waals surface area (Å²) in [6, 6.07) is 34.4. The number of para-hydroxylation sites is 1. The molecule has 0 atom stereocenters. The summed E-state index contributed by atoms with van der Waals surface area (Å²) in [5.74, 6) is 0. The average Bonchev–Trinajstić information content (AvgIpc) is 3.56.